The van der Waals surface area contributed by atoms with Gasteiger partial charge in [0, 0.05) is 29.5 Å². The molecule has 1 aromatic rings. The monoisotopic (exact) mass is 259 g/mol. The van der Waals surface area contributed by atoms with E-state index in [1.165, 1.54) is 0 Å². The maximum Gasteiger partial charge on any atom is 0.251 e. The Morgan fingerprint density at radius 1 is 1.29 bits per heavy atom. The minimum absolute atomic E-state index is 0.00660. The second-order valence-corrected chi connectivity index (χ2v) is 4.74. The molecule has 1 amide bonds. The van der Waals surface area contributed by atoms with Crippen LogP contribution in [0.25, 0.3) is 0 Å². The molecule has 0 aliphatic heterocycles. The Morgan fingerprint density at radius 2 is 1.88 bits per heavy atom. The van der Waals surface area contributed by atoms with Gasteiger partial charge in [0.15, 0.2) is 0 Å². The third kappa shape index (κ3) is 2.94. The van der Waals surface area contributed by atoms with Gasteiger partial charge in [-0.1, -0.05) is 0 Å². The summed E-state index contributed by atoms with van der Waals surface area (Å²) in [7, 11) is 0. The summed E-state index contributed by atoms with van der Waals surface area (Å²) in [5, 5.41) is 2.65. The molecule has 2 nitrogen and oxygen atoms in total. The Bertz CT molecular complexity index is 426. The summed E-state index contributed by atoms with van der Waals surface area (Å²) in [6, 6.07) is 2.76. The number of rotatable bonds is 4. The Balaban J connectivity index is 1.99. The van der Waals surface area contributed by atoms with E-state index in [1.807, 2.05) is 0 Å². The molecule has 1 aliphatic rings. The second-order valence-electron chi connectivity index (χ2n) is 4.47. The molecule has 5 heteroatoms. The summed E-state index contributed by atoms with van der Waals surface area (Å²) in [6.07, 6.45) is 1.96. The number of benzene rings is 1. The first-order valence-corrected chi connectivity index (χ1v) is 5.88. The van der Waals surface area contributed by atoms with Crippen molar-refractivity contribution in [2.45, 2.75) is 12.8 Å². The molecule has 1 aromatic carbocycles. The van der Waals surface area contributed by atoms with Gasteiger partial charge in [-0.05, 0) is 25.0 Å². The molecule has 0 radical (unpaired) electrons. The zero-order chi connectivity index (χ0) is 12.5. The molecule has 0 unspecified atom stereocenters. The molecular weight excluding hydrogens is 248 g/mol. The maximum absolute atomic E-state index is 12.9. The van der Waals surface area contributed by atoms with Crippen LogP contribution in [0.1, 0.15) is 23.2 Å². The van der Waals surface area contributed by atoms with Crippen LogP contribution in [0, 0.1) is 17.0 Å². The van der Waals surface area contributed by atoms with E-state index in [0.29, 0.717) is 12.4 Å². The van der Waals surface area contributed by atoms with E-state index >= 15 is 0 Å². The molecule has 0 aromatic heterocycles. The van der Waals surface area contributed by atoms with Gasteiger partial charge in [-0.2, -0.15) is 0 Å². The third-order valence-electron chi connectivity index (χ3n) is 2.99. The van der Waals surface area contributed by atoms with Gasteiger partial charge in [0.05, 0.1) is 0 Å². The lowest BCUT2D eigenvalue weighted by Gasteiger charge is -2.12. The molecule has 1 saturated carbocycles. The summed E-state index contributed by atoms with van der Waals surface area (Å²) in [5.74, 6) is -1.49. The fourth-order valence-electron chi connectivity index (χ4n) is 1.59. The highest BCUT2D eigenvalue weighted by molar-refractivity contribution is 6.18. The maximum atomic E-state index is 12.9. The van der Waals surface area contributed by atoms with Crippen LogP contribution in [0.3, 0.4) is 0 Å². The lowest BCUT2D eigenvalue weighted by molar-refractivity contribution is 0.0945. The normalized spacial score (nSPS) is 16.6. The minimum atomic E-state index is -0.756. The minimum Gasteiger partial charge on any atom is -0.351 e. The zero-order valence-electron chi connectivity index (χ0n) is 9.10. The van der Waals surface area contributed by atoms with Gasteiger partial charge < -0.3 is 5.32 Å². The van der Waals surface area contributed by atoms with Crippen molar-refractivity contribution in [2.75, 3.05) is 12.4 Å². The molecule has 0 saturated heterocycles. The van der Waals surface area contributed by atoms with Crippen molar-refractivity contribution in [3.05, 3.63) is 35.4 Å². The first-order chi connectivity index (χ1) is 8.04. The Kier molecular flexibility index (Phi) is 3.33. The molecule has 0 heterocycles. The van der Waals surface area contributed by atoms with E-state index in [-0.39, 0.29) is 11.0 Å². The summed E-state index contributed by atoms with van der Waals surface area (Å²) < 4.78 is 25.8. The number of carbonyl (C=O) groups excluding carboxylic acids is 1. The zero-order valence-corrected chi connectivity index (χ0v) is 9.86. The number of amides is 1. The Labute approximate surface area is 103 Å². The van der Waals surface area contributed by atoms with E-state index < -0.39 is 17.5 Å². The van der Waals surface area contributed by atoms with Crippen LogP contribution in [-0.4, -0.2) is 18.3 Å². The van der Waals surface area contributed by atoms with E-state index in [0.717, 1.165) is 31.0 Å². The molecule has 0 atom stereocenters. The molecule has 17 heavy (non-hydrogen) atoms. The second kappa shape index (κ2) is 4.61. The van der Waals surface area contributed by atoms with Crippen LogP contribution in [0.5, 0.6) is 0 Å². The SMILES string of the molecule is O=C(NCC1(CCl)CC1)c1cc(F)cc(F)c1. The van der Waals surface area contributed by atoms with Crippen LogP contribution < -0.4 is 5.32 Å². The van der Waals surface area contributed by atoms with Crippen molar-refractivity contribution in [3.63, 3.8) is 0 Å². The number of carbonyl (C=O) groups is 1. The van der Waals surface area contributed by atoms with Gasteiger partial charge in [0.1, 0.15) is 11.6 Å². The third-order valence-corrected chi connectivity index (χ3v) is 3.56. The summed E-state index contributed by atoms with van der Waals surface area (Å²) in [6.45, 7) is 0.452. The average molecular weight is 260 g/mol. The topological polar surface area (TPSA) is 29.1 Å². The highest BCUT2D eigenvalue weighted by Crippen LogP contribution is 2.45. The van der Waals surface area contributed by atoms with E-state index in [2.05, 4.69) is 5.32 Å². The number of halogens is 3. The first kappa shape index (κ1) is 12.3. The van der Waals surface area contributed by atoms with Gasteiger partial charge in [-0.3, -0.25) is 4.79 Å². The number of hydrogen-bond donors (Lipinski definition) is 1. The van der Waals surface area contributed by atoms with Gasteiger partial charge in [-0.25, -0.2) is 8.78 Å². The smallest absolute Gasteiger partial charge is 0.251 e. The van der Waals surface area contributed by atoms with Gasteiger partial charge in [-0.15, -0.1) is 11.6 Å². The molecule has 1 aliphatic carbocycles. The number of nitrogens with one attached hydrogen (secondary N) is 1. The fraction of sp³-hybridized carbons (Fsp3) is 0.417. The molecule has 1 fully saturated rings. The van der Waals surface area contributed by atoms with Crippen LogP contribution in [0.4, 0.5) is 8.78 Å². The largest absolute Gasteiger partial charge is 0.351 e. The average Bonchev–Trinajstić information content (AvgIpc) is 3.05. The first-order valence-electron chi connectivity index (χ1n) is 5.35. The van der Waals surface area contributed by atoms with Crippen molar-refractivity contribution >= 4 is 17.5 Å². The highest BCUT2D eigenvalue weighted by atomic mass is 35.5. The Hall–Kier alpha value is -1.16. The van der Waals surface area contributed by atoms with Gasteiger partial charge in [0.2, 0.25) is 0 Å². The van der Waals surface area contributed by atoms with Crippen molar-refractivity contribution in [2.24, 2.45) is 5.41 Å². The predicted molar refractivity (Wildman–Crippen MR) is 61.1 cm³/mol. The molecule has 0 bridgehead atoms. The van der Waals surface area contributed by atoms with Crippen LogP contribution in [0.15, 0.2) is 18.2 Å². The molecule has 0 spiro atoms. The van der Waals surface area contributed by atoms with Gasteiger partial charge >= 0.3 is 0 Å². The lowest BCUT2D eigenvalue weighted by atomic mass is 10.1. The number of hydrogen-bond acceptors (Lipinski definition) is 1. The Morgan fingerprint density at radius 3 is 2.35 bits per heavy atom. The fourth-order valence-corrected chi connectivity index (χ4v) is 1.95. The van der Waals surface area contributed by atoms with E-state index in [1.54, 1.807) is 0 Å². The molecule has 2 rings (SSSR count). The van der Waals surface area contributed by atoms with E-state index in [9.17, 15) is 13.6 Å². The van der Waals surface area contributed by atoms with Crippen molar-refractivity contribution in [3.8, 4) is 0 Å². The quantitative estimate of drug-likeness (QED) is 0.828. The summed E-state index contributed by atoms with van der Waals surface area (Å²) in [5.41, 5.74) is -0.0174. The summed E-state index contributed by atoms with van der Waals surface area (Å²) >= 11 is 5.76. The highest BCUT2D eigenvalue weighted by Gasteiger charge is 2.41. The molecular formula is C12H12ClF2NO. The van der Waals surface area contributed by atoms with Crippen LogP contribution in [0.2, 0.25) is 0 Å². The van der Waals surface area contributed by atoms with Crippen LogP contribution >= 0.6 is 11.6 Å². The predicted octanol–water partition coefficient (Wildman–Crippen LogP) is 2.71. The standard InChI is InChI=1S/C12H12ClF2NO/c13-6-12(1-2-12)7-16-11(17)8-3-9(14)5-10(15)4-8/h3-5H,1-2,6-7H2,(H,16,17). The van der Waals surface area contributed by atoms with Crippen molar-refractivity contribution in [1.29, 1.82) is 0 Å². The molecule has 1 N–H and O–H groups in total. The van der Waals surface area contributed by atoms with Crippen LogP contribution in [-0.2, 0) is 0 Å². The summed E-state index contributed by atoms with van der Waals surface area (Å²) in [4.78, 5) is 11.7. The van der Waals surface area contributed by atoms with E-state index in [4.69, 9.17) is 11.6 Å². The van der Waals surface area contributed by atoms with Crippen molar-refractivity contribution < 1.29 is 13.6 Å². The van der Waals surface area contributed by atoms with Crippen molar-refractivity contribution in [1.82, 2.24) is 5.32 Å². The molecule has 92 valence electrons. The van der Waals surface area contributed by atoms with Gasteiger partial charge in [0.25, 0.3) is 5.91 Å². The lowest BCUT2D eigenvalue weighted by Crippen LogP contribution is -2.31. The number of alkyl halides is 1.